The number of piperazine rings is 1. The lowest BCUT2D eigenvalue weighted by atomic mass is 10.2. The van der Waals surface area contributed by atoms with E-state index in [2.05, 4.69) is 30.2 Å². The summed E-state index contributed by atoms with van der Waals surface area (Å²) in [7, 11) is 2.04. The SMILES string of the molecule is Cc1cc2c(F)c(Oc3nc(Nc4ncc(C#N)s4)cc(N4CCN(C)CC4)n3)c(F)cc2[nH]1. The Morgan fingerprint density at radius 1 is 1.18 bits per heavy atom. The number of nitriles is 1. The Bertz CT molecular complexity index is 1400. The molecule has 0 unspecified atom stereocenters. The van der Waals surface area contributed by atoms with E-state index in [0.29, 0.717) is 32.9 Å². The van der Waals surface area contributed by atoms with E-state index < -0.39 is 17.4 Å². The van der Waals surface area contributed by atoms with Crippen molar-refractivity contribution < 1.29 is 13.5 Å². The van der Waals surface area contributed by atoms with Gasteiger partial charge in [0.2, 0.25) is 5.75 Å². The molecule has 4 aromatic rings. The number of aromatic amines is 1. The zero-order valence-electron chi connectivity index (χ0n) is 18.4. The van der Waals surface area contributed by atoms with E-state index in [-0.39, 0.29) is 11.4 Å². The molecule has 0 spiro atoms. The lowest BCUT2D eigenvalue weighted by Crippen LogP contribution is -2.44. The normalized spacial score (nSPS) is 14.4. The third kappa shape index (κ3) is 4.35. The highest BCUT2D eigenvalue weighted by Crippen LogP contribution is 2.34. The van der Waals surface area contributed by atoms with E-state index in [9.17, 15) is 4.39 Å². The number of nitrogens with zero attached hydrogens (tertiary/aromatic N) is 6. The number of fused-ring (bicyclic) bond motifs is 1. The van der Waals surface area contributed by atoms with Gasteiger partial charge in [-0.25, -0.2) is 13.8 Å². The van der Waals surface area contributed by atoms with E-state index in [1.807, 2.05) is 18.0 Å². The zero-order chi connectivity index (χ0) is 23.8. The monoisotopic (exact) mass is 482 g/mol. The van der Waals surface area contributed by atoms with Crippen LogP contribution in [0.15, 0.2) is 24.4 Å². The van der Waals surface area contributed by atoms with Crippen molar-refractivity contribution in [3.05, 3.63) is 46.6 Å². The second-order valence-corrected chi connectivity index (χ2v) is 9.00. The Kier molecular flexibility index (Phi) is 5.72. The van der Waals surface area contributed by atoms with Crippen molar-refractivity contribution >= 4 is 39.0 Å². The Labute approximate surface area is 197 Å². The van der Waals surface area contributed by atoms with Gasteiger partial charge in [-0.3, -0.25) is 0 Å². The highest BCUT2D eigenvalue weighted by Gasteiger charge is 2.22. The molecule has 12 heteroatoms. The Morgan fingerprint density at radius 3 is 2.71 bits per heavy atom. The third-order valence-corrected chi connectivity index (χ3v) is 6.29. The molecule has 0 atom stereocenters. The topological polar surface area (TPSA) is 106 Å². The number of nitrogens with one attached hydrogen (secondary N) is 2. The van der Waals surface area contributed by atoms with Gasteiger partial charge in [0.05, 0.1) is 11.7 Å². The van der Waals surface area contributed by atoms with Gasteiger partial charge in [-0.2, -0.15) is 15.2 Å². The fraction of sp³-hybridized carbons (Fsp3) is 0.273. The molecule has 1 fully saturated rings. The summed E-state index contributed by atoms with van der Waals surface area (Å²) in [5.41, 5.74) is 1.04. The van der Waals surface area contributed by atoms with Crippen molar-refractivity contribution in [3.63, 3.8) is 0 Å². The van der Waals surface area contributed by atoms with Gasteiger partial charge in [0.25, 0.3) is 0 Å². The molecule has 1 saturated heterocycles. The summed E-state index contributed by atoms with van der Waals surface area (Å²) in [6.07, 6.45) is 1.45. The lowest BCUT2D eigenvalue weighted by Gasteiger charge is -2.33. The number of aromatic nitrogens is 4. The van der Waals surface area contributed by atoms with E-state index >= 15 is 4.39 Å². The number of H-pyrrole nitrogens is 1. The zero-order valence-corrected chi connectivity index (χ0v) is 19.2. The first-order valence-electron chi connectivity index (χ1n) is 10.5. The van der Waals surface area contributed by atoms with Gasteiger partial charge in [0.1, 0.15) is 22.6 Å². The molecular weight excluding hydrogens is 462 g/mol. The maximum atomic E-state index is 15.1. The summed E-state index contributed by atoms with van der Waals surface area (Å²) >= 11 is 1.16. The van der Waals surface area contributed by atoms with Crippen LogP contribution in [0, 0.1) is 29.9 Å². The van der Waals surface area contributed by atoms with Gasteiger partial charge in [0.15, 0.2) is 16.8 Å². The second kappa shape index (κ2) is 8.85. The Morgan fingerprint density at radius 2 is 1.97 bits per heavy atom. The van der Waals surface area contributed by atoms with E-state index in [0.717, 1.165) is 37.5 Å². The standard InChI is InChI=1S/C22H20F2N8OS/c1-12-7-14-16(27-12)8-15(23)20(19(14)24)33-21-28-17(29-22-26-11-13(10-25)34-22)9-18(30-21)32-5-3-31(2)4-6-32/h7-9,11,27H,3-6H2,1-2H3,(H,26,28,29,30). The van der Waals surface area contributed by atoms with Crippen molar-refractivity contribution in [2.24, 2.45) is 0 Å². The first-order valence-corrected chi connectivity index (χ1v) is 11.3. The van der Waals surface area contributed by atoms with Crippen LogP contribution in [0.1, 0.15) is 10.6 Å². The first-order chi connectivity index (χ1) is 16.4. The number of aryl methyl sites for hydroxylation is 1. The van der Waals surface area contributed by atoms with Crippen molar-refractivity contribution in [3.8, 4) is 17.8 Å². The molecule has 174 valence electrons. The second-order valence-electron chi connectivity index (χ2n) is 7.97. The average molecular weight is 483 g/mol. The summed E-state index contributed by atoms with van der Waals surface area (Å²) in [6.45, 7) is 4.88. The molecule has 0 amide bonds. The lowest BCUT2D eigenvalue weighted by molar-refractivity contribution is 0.311. The molecule has 0 saturated carbocycles. The minimum absolute atomic E-state index is 0.208. The number of hydrogen-bond acceptors (Lipinski definition) is 9. The number of ether oxygens (including phenoxy) is 1. The maximum Gasteiger partial charge on any atom is 0.326 e. The molecule has 0 aliphatic carbocycles. The average Bonchev–Trinajstić information content (AvgIpc) is 3.42. The van der Waals surface area contributed by atoms with Crippen LogP contribution in [0.4, 0.5) is 25.5 Å². The third-order valence-electron chi connectivity index (χ3n) is 5.47. The first kappa shape index (κ1) is 22.0. The predicted octanol–water partition coefficient (Wildman–Crippen LogP) is 4.16. The van der Waals surface area contributed by atoms with Crippen LogP contribution in [-0.2, 0) is 0 Å². The maximum absolute atomic E-state index is 15.1. The van der Waals surface area contributed by atoms with Crippen LogP contribution in [-0.4, -0.2) is 58.1 Å². The molecule has 3 aromatic heterocycles. The van der Waals surface area contributed by atoms with Crippen LogP contribution in [0.2, 0.25) is 0 Å². The molecule has 34 heavy (non-hydrogen) atoms. The van der Waals surface area contributed by atoms with Gasteiger partial charge in [-0.15, -0.1) is 0 Å². The molecule has 1 aliphatic heterocycles. The summed E-state index contributed by atoms with van der Waals surface area (Å²) in [5, 5.41) is 12.8. The van der Waals surface area contributed by atoms with Crippen LogP contribution in [0.3, 0.4) is 0 Å². The number of hydrogen-bond donors (Lipinski definition) is 2. The van der Waals surface area contributed by atoms with Crippen molar-refractivity contribution in [1.29, 1.82) is 5.26 Å². The molecule has 1 aromatic carbocycles. The molecule has 2 N–H and O–H groups in total. The van der Waals surface area contributed by atoms with Crippen LogP contribution in [0.25, 0.3) is 10.9 Å². The van der Waals surface area contributed by atoms with E-state index in [4.69, 9.17) is 10.00 Å². The summed E-state index contributed by atoms with van der Waals surface area (Å²) in [5.74, 6) is -1.39. The molecular formula is C22H20F2N8OS. The van der Waals surface area contributed by atoms with Crippen molar-refractivity contribution in [2.45, 2.75) is 6.92 Å². The molecule has 0 radical (unpaired) electrons. The number of anilines is 3. The number of thiazole rings is 1. The molecule has 5 rings (SSSR count). The number of halogens is 2. The van der Waals surface area contributed by atoms with Gasteiger partial charge in [-0.1, -0.05) is 11.3 Å². The molecule has 1 aliphatic rings. The minimum atomic E-state index is -0.867. The van der Waals surface area contributed by atoms with Crippen LogP contribution < -0.4 is 15.0 Å². The molecule has 9 nitrogen and oxygen atoms in total. The number of rotatable bonds is 5. The fourth-order valence-corrected chi connectivity index (χ4v) is 4.34. The van der Waals surface area contributed by atoms with E-state index in [1.165, 1.54) is 12.3 Å². The van der Waals surface area contributed by atoms with E-state index in [1.54, 1.807) is 19.1 Å². The van der Waals surface area contributed by atoms with Crippen LogP contribution in [0.5, 0.6) is 11.8 Å². The van der Waals surface area contributed by atoms with Gasteiger partial charge < -0.3 is 24.8 Å². The van der Waals surface area contributed by atoms with Crippen molar-refractivity contribution in [1.82, 2.24) is 24.8 Å². The fourth-order valence-electron chi connectivity index (χ4n) is 3.72. The summed E-state index contributed by atoms with van der Waals surface area (Å²) in [4.78, 5) is 20.5. The molecule has 0 bridgehead atoms. The summed E-state index contributed by atoms with van der Waals surface area (Å²) in [6, 6.07) is 6.31. The van der Waals surface area contributed by atoms with Gasteiger partial charge in [0, 0.05) is 49.4 Å². The Balaban J connectivity index is 1.52. The van der Waals surface area contributed by atoms with Crippen molar-refractivity contribution in [2.75, 3.05) is 43.4 Å². The number of benzene rings is 1. The highest BCUT2D eigenvalue weighted by atomic mass is 32.1. The Hall–Kier alpha value is -3.82. The summed E-state index contributed by atoms with van der Waals surface area (Å²) < 4.78 is 35.4. The minimum Gasteiger partial charge on any atom is -0.418 e. The predicted molar refractivity (Wildman–Crippen MR) is 125 cm³/mol. The number of likely N-dealkylation sites (N-methyl/N-ethyl adjacent to an activating group) is 1. The van der Waals surface area contributed by atoms with Gasteiger partial charge in [-0.05, 0) is 20.0 Å². The largest absolute Gasteiger partial charge is 0.418 e. The highest BCUT2D eigenvalue weighted by molar-refractivity contribution is 7.16. The van der Waals surface area contributed by atoms with Crippen LogP contribution >= 0.6 is 11.3 Å². The van der Waals surface area contributed by atoms with Gasteiger partial charge >= 0.3 is 6.01 Å². The smallest absolute Gasteiger partial charge is 0.326 e. The quantitative estimate of drug-likeness (QED) is 0.437. The molecule has 4 heterocycles.